The van der Waals surface area contributed by atoms with Gasteiger partial charge < -0.3 is 0 Å². The van der Waals surface area contributed by atoms with E-state index in [1.165, 1.54) is 29.0 Å². The zero-order valence-corrected chi connectivity index (χ0v) is 16.3. The summed E-state index contributed by atoms with van der Waals surface area (Å²) >= 11 is 1.26. The summed E-state index contributed by atoms with van der Waals surface area (Å²) in [6, 6.07) is 18.0. The van der Waals surface area contributed by atoms with Gasteiger partial charge in [-0.25, -0.2) is 8.42 Å². The number of benzene rings is 2. The molecule has 0 saturated carbocycles. The number of anilines is 1. The van der Waals surface area contributed by atoms with Gasteiger partial charge >= 0.3 is 0 Å². The van der Waals surface area contributed by atoms with E-state index in [1.807, 2.05) is 18.2 Å². The Hall–Kier alpha value is -2.58. The lowest BCUT2D eigenvalue weighted by atomic mass is 9.98. The minimum Gasteiger partial charge on any atom is -0.300 e. The molecule has 0 aliphatic rings. The molecule has 2 aromatic carbocycles. The van der Waals surface area contributed by atoms with Crippen LogP contribution in [0.25, 0.3) is 0 Å². The molecular weight excluding hydrogens is 382 g/mol. The smallest absolute Gasteiger partial charge is 0.241 e. The van der Waals surface area contributed by atoms with Crippen LogP contribution < -0.4 is 5.32 Å². The van der Waals surface area contributed by atoms with Crippen molar-refractivity contribution in [1.29, 1.82) is 0 Å². The second-order valence-electron chi connectivity index (χ2n) is 6.14. The summed E-state index contributed by atoms with van der Waals surface area (Å²) in [5.74, 6) is -0.995. The van der Waals surface area contributed by atoms with Gasteiger partial charge in [-0.3, -0.25) is 10.1 Å². The van der Waals surface area contributed by atoms with Crippen molar-refractivity contribution in [2.75, 3.05) is 11.1 Å². The molecule has 27 heavy (non-hydrogen) atoms. The van der Waals surface area contributed by atoms with E-state index in [-0.39, 0.29) is 10.8 Å². The van der Waals surface area contributed by atoms with Gasteiger partial charge in [0.15, 0.2) is 9.84 Å². The van der Waals surface area contributed by atoms with Gasteiger partial charge in [-0.05, 0) is 23.6 Å². The lowest BCUT2D eigenvalue weighted by Gasteiger charge is -2.08. The molecule has 3 aromatic rings. The second-order valence-corrected chi connectivity index (χ2v) is 9.19. The summed E-state index contributed by atoms with van der Waals surface area (Å²) < 4.78 is 24.5. The first-order chi connectivity index (χ1) is 12.9. The summed E-state index contributed by atoms with van der Waals surface area (Å²) in [6.07, 6.45) is 0.694. The first kappa shape index (κ1) is 19.2. The molecule has 0 fully saturated rings. The van der Waals surface area contributed by atoms with Crippen LogP contribution in [0.4, 0.5) is 5.13 Å². The van der Waals surface area contributed by atoms with Crippen molar-refractivity contribution in [3.63, 3.8) is 0 Å². The quantitative estimate of drug-likeness (QED) is 0.656. The molecule has 1 N–H and O–H groups in total. The molecule has 0 radical (unpaired) electrons. The van der Waals surface area contributed by atoms with Gasteiger partial charge in [0, 0.05) is 6.42 Å². The molecule has 1 atom stereocenters. The Kier molecular flexibility index (Phi) is 5.98. The van der Waals surface area contributed by atoms with Crippen molar-refractivity contribution in [3.05, 3.63) is 71.2 Å². The fraction of sp³-hybridized carbons (Fsp3) is 0.211. The van der Waals surface area contributed by atoms with Crippen LogP contribution in [0.15, 0.2) is 65.6 Å². The summed E-state index contributed by atoms with van der Waals surface area (Å²) in [7, 11) is -3.68. The van der Waals surface area contributed by atoms with Crippen LogP contribution in [0.1, 0.15) is 23.4 Å². The molecule has 6 nitrogen and oxygen atoms in total. The van der Waals surface area contributed by atoms with Crippen molar-refractivity contribution in [2.45, 2.75) is 24.2 Å². The van der Waals surface area contributed by atoms with E-state index >= 15 is 0 Å². The number of carbonyl (C=O) groups excluding carboxylic acids is 1. The summed E-state index contributed by atoms with van der Waals surface area (Å²) in [6.45, 7) is 2.10. The Morgan fingerprint density at radius 1 is 1.04 bits per heavy atom. The predicted molar refractivity (Wildman–Crippen MR) is 106 cm³/mol. The number of nitrogens with one attached hydrogen (secondary N) is 1. The number of nitrogens with zero attached hydrogens (tertiary/aromatic N) is 2. The third-order valence-corrected chi connectivity index (χ3v) is 6.48. The highest BCUT2D eigenvalue weighted by atomic mass is 32.2. The first-order valence-electron chi connectivity index (χ1n) is 8.39. The molecule has 0 aliphatic heterocycles. The van der Waals surface area contributed by atoms with Crippen LogP contribution in [0.5, 0.6) is 0 Å². The Balaban J connectivity index is 1.60. The predicted octanol–water partition coefficient (Wildman–Crippen LogP) is 3.30. The maximum atomic E-state index is 12.2. The Bertz CT molecular complexity index is 1000. The number of sulfone groups is 1. The zero-order valence-electron chi connectivity index (χ0n) is 14.7. The topological polar surface area (TPSA) is 89.0 Å². The third-order valence-electron chi connectivity index (χ3n) is 3.99. The maximum Gasteiger partial charge on any atom is 0.241 e. The van der Waals surface area contributed by atoms with Gasteiger partial charge in [0.25, 0.3) is 0 Å². The minimum absolute atomic E-state index is 0.120. The van der Waals surface area contributed by atoms with Crippen molar-refractivity contribution in [2.24, 2.45) is 0 Å². The van der Waals surface area contributed by atoms with Gasteiger partial charge in [0.1, 0.15) is 10.8 Å². The summed E-state index contributed by atoms with van der Waals surface area (Å²) in [4.78, 5) is 12.2. The van der Waals surface area contributed by atoms with Gasteiger partial charge in [-0.15, -0.1) is 10.2 Å². The molecular formula is C19H19N3O3S2. The van der Waals surface area contributed by atoms with E-state index in [4.69, 9.17) is 0 Å². The SMILES string of the molecule is C[C@H](Cc1nnc(NC(=O)CS(=O)(=O)c2ccccc2)s1)c1ccccc1. The van der Waals surface area contributed by atoms with Crippen LogP contribution in [-0.4, -0.2) is 30.3 Å². The van der Waals surface area contributed by atoms with E-state index in [0.29, 0.717) is 11.6 Å². The fourth-order valence-electron chi connectivity index (χ4n) is 2.59. The minimum atomic E-state index is -3.68. The van der Waals surface area contributed by atoms with Gasteiger partial charge in [-0.2, -0.15) is 0 Å². The van der Waals surface area contributed by atoms with Crippen molar-refractivity contribution in [3.8, 4) is 0 Å². The van der Waals surface area contributed by atoms with Crippen molar-refractivity contribution < 1.29 is 13.2 Å². The molecule has 0 aliphatic carbocycles. The van der Waals surface area contributed by atoms with Crippen LogP contribution >= 0.6 is 11.3 Å². The lowest BCUT2D eigenvalue weighted by Crippen LogP contribution is -2.22. The highest BCUT2D eigenvalue weighted by molar-refractivity contribution is 7.92. The van der Waals surface area contributed by atoms with E-state index in [1.54, 1.807) is 18.2 Å². The molecule has 0 bridgehead atoms. The van der Waals surface area contributed by atoms with E-state index in [2.05, 4.69) is 34.6 Å². The molecule has 1 amide bonds. The van der Waals surface area contributed by atoms with Gasteiger partial charge in [0.2, 0.25) is 11.0 Å². The van der Waals surface area contributed by atoms with Crippen LogP contribution in [0.3, 0.4) is 0 Å². The Morgan fingerprint density at radius 3 is 2.33 bits per heavy atom. The zero-order chi connectivity index (χ0) is 19.3. The average molecular weight is 402 g/mol. The van der Waals surface area contributed by atoms with Crippen molar-refractivity contribution in [1.82, 2.24) is 10.2 Å². The molecule has 0 unspecified atom stereocenters. The van der Waals surface area contributed by atoms with Crippen LogP contribution in [0, 0.1) is 0 Å². The normalized spacial score (nSPS) is 12.5. The van der Waals surface area contributed by atoms with Crippen LogP contribution in [0.2, 0.25) is 0 Å². The second kappa shape index (κ2) is 8.41. The van der Waals surface area contributed by atoms with Gasteiger partial charge in [0.05, 0.1) is 4.90 Å². The Morgan fingerprint density at radius 2 is 1.67 bits per heavy atom. The maximum absolute atomic E-state index is 12.2. The van der Waals surface area contributed by atoms with E-state index in [0.717, 1.165) is 5.01 Å². The van der Waals surface area contributed by atoms with Gasteiger partial charge in [-0.1, -0.05) is 66.8 Å². The highest BCUT2D eigenvalue weighted by Gasteiger charge is 2.20. The van der Waals surface area contributed by atoms with Crippen LogP contribution in [-0.2, 0) is 21.1 Å². The van der Waals surface area contributed by atoms with Crippen molar-refractivity contribution >= 4 is 32.2 Å². The largest absolute Gasteiger partial charge is 0.300 e. The number of hydrogen-bond donors (Lipinski definition) is 1. The monoisotopic (exact) mass is 401 g/mol. The molecule has 0 spiro atoms. The fourth-order valence-corrected chi connectivity index (χ4v) is 4.63. The highest BCUT2D eigenvalue weighted by Crippen LogP contribution is 2.24. The molecule has 8 heteroatoms. The molecule has 1 aromatic heterocycles. The Labute approximate surface area is 162 Å². The number of hydrogen-bond acceptors (Lipinski definition) is 6. The third kappa shape index (κ3) is 5.21. The molecule has 3 rings (SSSR count). The number of rotatable bonds is 7. The van der Waals surface area contributed by atoms with E-state index < -0.39 is 21.5 Å². The summed E-state index contributed by atoms with van der Waals surface area (Å²) in [5.41, 5.74) is 1.20. The molecule has 140 valence electrons. The number of carbonyl (C=O) groups is 1. The molecule has 1 heterocycles. The number of amides is 1. The summed E-state index contributed by atoms with van der Waals surface area (Å²) in [5, 5.41) is 11.7. The molecule has 0 saturated heterocycles. The standard InChI is InChI=1S/C19H19N3O3S2/c1-14(15-8-4-2-5-9-15)12-18-21-22-19(26-18)20-17(23)13-27(24,25)16-10-6-3-7-11-16/h2-11,14H,12-13H2,1H3,(H,20,22,23)/t14-/m1/s1. The first-order valence-corrected chi connectivity index (χ1v) is 10.9. The number of aromatic nitrogens is 2. The van der Waals surface area contributed by atoms with E-state index in [9.17, 15) is 13.2 Å². The lowest BCUT2D eigenvalue weighted by molar-refractivity contribution is -0.113. The average Bonchev–Trinajstić information content (AvgIpc) is 3.09.